The lowest BCUT2D eigenvalue weighted by molar-refractivity contribution is -0.394. The zero-order chi connectivity index (χ0) is 18.9. The van der Waals surface area contributed by atoms with Crippen molar-refractivity contribution in [2.45, 2.75) is 6.18 Å². The number of nitrogens with zero attached hydrogens (tertiary/aromatic N) is 2. The third kappa shape index (κ3) is 3.91. The summed E-state index contributed by atoms with van der Waals surface area (Å²) >= 11 is 11.7. The van der Waals surface area contributed by atoms with Gasteiger partial charge < -0.3 is 5.32 Å². The molecule has 0 amide bonds. The Morgan fingerprint density at radius 1 is 0.960 bits per heavy atom. The van der Waals surface area contributed by atoms with E-state index in [2.05, 4.69) is 5.32 Å². The largest absolute Gasteiger partial charge is 0.418 e. The van der Waals surface area contributed by atoms with Crippen molar-refractivity contribution in [3.63, 3.8) is 0 Å². The van der Waals surface area contributed by atoms with Gasteiger partial charge in [-0.05, 0) is 12.1 Å². The van der Waals surface area contributed by atoms with Crippen molar-refractivity contribution in [2.75, 3.05) is 5.32 Å². The van der Waals surface area contributed by atoms with Crippen LogP contribution in [0.1, 0.15) is 5.56 Å². The number of non-ortho nitro benzene ring substituents is 1. The highest BCUT2D eigenvalue weighted by atomic mass is 35.5. The molecular weight excluding hydrogens is 390 g/mol. The average Bonchev–Trinajstić information content (AvgIpc) is 2.49. The lowest BCUT2D eigenvalue weighted by atomic mass is 10.1. The van der Waals surface area contributed by atoms with Crippen molar-refractivity contribution in [2.24, 2.45) is 0 Å². The summed E-state index contributed by atoms with van der Waals surface area (Å²) in [5, 5.41) is 23.9. The van der Waals surface area contributed by atoms with E-state index in [-0.39, 0.29) is 21.8 Å². The second kappa shape index (κ2) is 6.73. The molecule has 2 rings (SSSR count). The van der Waals surface area contributed by atoms with Crippen LogP contribution in [0, 0.1) is 20.2 Å². The van der Waals surface area contributed by atoms with E-state index in [0.29, 0.717) is 6.07 Å². The van der Waals surface area contributed by atoms with Gasteiger partial charge in [0.1, 0.15) is 5.69 Å². The van der Waals surface area contributed by atoms with Crippen LogP contribution in [0.4, 0.5) is 35.9 Å². The van der Waals surface area contributed by atoms with E-state index in [1.54, 1.807) is 0 Å². The molecule has 2 aromatic rings. The molecule has 0 saturated heterocycles. The Labute approximate surface area is 147 Å². The maximum atomic E-state index is 13.3. The first-order chi connectivity index (χ1) is 11.5. The highest BCUT2D eigenvalue weighted by molar-refractivity contribution is 6.39. The summed E-state index contributed by atoms with van der Waals surface area (Å²) in [5.74, 6) is 0. The van der Waals surface area contributed by atoms with Crippen LogP contribution in [0.5, 0.6) is 0 Å². The van der Waals surface area contributed by atoms with E-state index < -0.39 is 38.6 Å². The number of halogens is 5. The quantitative estimate of drug-likeness (QED) is 0.538. The summed E-state index contributed by atoms with van der Waals surface area (Å²) in [5.41, 5.74) is -5.01. The second-order valence-corrected chi connectivity index (χ2v) is 5.44. The number of benzene rings is 2. The number of nitro benzene ring substituents is 2. The first kappa shape index (κ1) is 18.7. The molecule has 0 aliphatic carbocycles. The Bertz CT molecular complexity index is 854. The van der Waals surface area contributed by atoms with Gasteiger partial charge in [-0.25, -0.2) is 0 Å². The summed E-state index contributed by atoms with van der Waals surface area (Å²) < 4.78 is 39.9. The maximum Gasteiger partial charge on any atom is 0.418 e. The van der Waals surface area contributed by atoms with Gasteiger partial charge in [0.05, 0.1) is 37.2 Å². The molecule has 0 heterocycles. The van der Waals surface area contributed by atoms with Crippen LogP contribution in [-0.4, -0.2) is 9.85 Å². The van der Waals surface area contributed by atoms with Gasteiger partial charge in [0.2, 0.25) is 0 Å². The van der Waals surface area contributed by atoms with E-state index in [0.717, 1.165) is 0 Å². The minimum Gasteiger partial charge on any atom is -0.347 e. The van der Waals surface area contributed by atoms with Crippen LogP contribution in [0.3, 0.4) is 0 Å². The zero-order valence-electron chi connectivity index (χ0n) is 11.8. The lowest BCUT2D eigenvalue weighted by Gasteiger charge is -2.16. The highest BCUT2D eigenvalue weighted by Gasteiger charge is 2.40. The molecule has 0 atom stereocenters. The Morgan fingerprint density at radius 3 is 1.96 bits per heavy atom. The van der Waals surface area contributed by atoms with Gasteiger partial charge in [-0.1, -0.05) is 29.3 Å². The predicted molar refractivity (Wildman–Crippen MR) is 84.5 cm³/mol. The monoisotopic (exact) mass is 395 g/mol. The van der Waals surface area contributed by atoms with Gasteiger partial charge >= 0.3 is 6.18 Å². The fraction of sp³-hybridized carbons (Fsp3) is 0.0769. The number of anilines is 2. The standard InChI is InChI=1S/C13H6Cl2F3N3O4/c14-8-2-1-3-9(15)12(8)19-11-7(13(16,17)18)4-6(20(22)23)5-10(11)21(24)25/h1-5,19H. The minimum absolute atomic E-state index is 0.0896. The van der Waals surface area contributed by atoms with Gasteiger partial charge in [-0.2, -0.15) is 13.2 Å². The van der Waals surface area contributed by atoms with Crippen molar-refractivity contribution in [3.05, 3.63) is 66.2 Å². The Kier molecular flexibility index (Phi) is 5.04. The number of nitrogens with one attached hydrogen (secondary N) is 1. The molecule has 132 valence electrons. The maximum absolute atomic E-state index is 13.3. The van der Waals surface area contributed by atoms with Gasteiger partial charge in [-0.15, -0.1) is 0 Å². The lowest BCUT2D eigenvalue weighted by Crippen LogP contribution is -2.12. The summed E-state index contributed by atoms with van der Waals surface area (Å²) in [4.78, 5) is 19.6. The zero-order valence-corrected chi connectivity index (χ0v) is 13.3. The fourth-order valence-corrected chi connectivity index (χ4v) is 2.45. The third-order valence-corrected chi connectivity index (χ3v) is 3.66. The number of alkyl halides is 3. The van der Waals surface area contributed by atoms with Crippen molar-refractivity contribution in [3.8, 4) is 0 Å². The number of rotatable bonds is 4. The topological polar surface area (TPSA) is 98.3 Å². The molecule has 0 saturated carbocycles. The average molecular weight is 396 g/mol. The van der Waals surface area contributed by atoms with Crippen molar-refractivity contribution in [1.29, 1.82) is 0 Å². The van der Waals surface area contributed by atoms with Crippen LogP contribution in [0.25, 0.3) is 0 Å². The molecule has 0 radical (unpaired) electrons. The van der Waals surface area contributed by atoms with Crippen LogP contribution in [0.2, 0.25) is 10.0 Å². The molecule has 7 nitrogen and oxygen atoms in total. The Balaban J connectivity index is 2.78. The number of hydrogen-bond donors (Lipinski definition) is 1. The number of hydrogen-bond acceptors (Lipinski definition) is 5. The van der Waals surface area contributed by atoms with Gasteiger partial charge in [-0.3, -0.25) is 20.2 Å². The van der Waals surface area contributed by atoms with Crippen LogP contribution >= 0.6 is 23.2 Å². The number of para-hydroxylation sites is 1. The smallest absolute Gasteiger partial charge is 0.347 e. The Hall–Kier alpha value is -2.59. The first-order valence-electron chi connectivity index (χ1n) is 6.27. The molecule has 0 unspecified atom stereocenters. The molecule has 12 heteroatoms. The minimum atomic E-state index is -5.10. The molecule has 0 aliphatic heterocycles. The SMILES string of the molecule is O=[N+]([O-])c1cc([N+](=O)[O-])c(Nc2c(Cl)cccc2Cl)c(C(F)(F)F)c1. The summed E-state index contributed by atoms with van der Waals surface area (Å²) in [7, 11) is 0. The van der Waals surface area contributed by atoms with E-state index in [1.165, 1.54) is 18.2 Å². The fourth-order valence-electron chi connectivity index (χ4n) is 1.96. The predicted octanol–water partition coefficient (Wildman–Crippen LogP) is 5.57. The van der Waals surface area contributed by atoms with Gasteiger partial charge in [0.15, 0.2) is 0 Å². The summed E-state index contributed by atoms with van der Waals surface area (Å²) in [6, 6.07) is 4.65. The van der Waals surface area contributed by atoms with Gasteiger partial charge in [0, 0.05) is 6.07 Å². The molecular formula is C13H6Cl2F3N3O4. The van der Waals surface area contributed by atoms with Crippen LogP contribution in [0.15, 0.2) is 30.3 Å². The molecule has 0 aromatic heterocycles. The molecule has 0 fully saturated rings. The van der Waals surface area contributed by atoms with Crippen molar-refractivity contribution < 1.29 is 23.0 Å². The van der Waals surface area contributed by atoms with Crippen LogP contribution < -0.4 is 5.32 Å². The normalized spacial score (nSPS) is 11.2. The second-order valence-electron chi connectivity index (χ2n) is 4.62. The van der Waals surface area contributed by atoms with Crippen LogP contribution in [-0.2, 0) is 6.18 Å². The van der Waals surface area contributed by atoms with E-state index in [1.807, 2.05) is 0 Å². The highest BCUT2D eigenvalue weighted by Crippen LogP contribution is 2.45. The van der Waals surface area contributed by atoms with E-state index in [9.17, 15) is 33.4 Å². The Morgan fingerprint density at radius 2 is 1.52 bits per heavy atom. The summed E-state index contributed by atoms with van der Waals surface area (Å²) in [6.45, 7) is 0. The first-order valence-corrected chi connectivity index (χ1v) is 7.03. The van der Waals surface area contributed by atoms with Gasteiger partial charge in [0.25, 0.3) is 11.4 Å². The molecule has 2 aromatic carbocycles. The van der Waals surface area contributed by atoms with Crippen molar-refractivity contribution >= 4 is 46.0 Å². The third-order valence-electron chi connectivity index (χ3n) is 3.03. The molecule has 0 aliphatic rings. The molecule has 0 bridgehead atoms. The summed E-state index contributed by atoms with van der Waals surface area (Å²) in [6.07, 6.45) is -5.10. The molecule has 0 spiro atoms. The number of nitro groups is 2. The molecule has 1 N–H and O–H groups in total. The molecule has 25 heavy (non-hydrogen) atoms. The van der Waals surface area contributed by atoms with Crippen molar-refractivity contribution in [1.82, 2.24) is 0 Å². The van der Waals surface area contributed by atoms with E-state index >= 15 is 0 Å². The van der Waals surface area contributed by atoms with E-state index in [4.69, 9.17) is 23.2 Å².